The predicted molar refractivity (Wildman–Crippen MR) is 123 cm³/mol. The highest BCUT2D eigenvalue weighted by molar-refractivity contribution is 6.39. The van der Waals surface area contributed by atoms with E-state index in [1.807, 2.05) is 0 Å². The van der Waals surface area contributed by atoms with Crippen molar-refractivity contribution in [3.8, 4) is 0 Å². The molecule has 32 heavy (non-hydrogen) atoms. The number of para-hydroxylation sites is 1. The van der Waals surface area contributed by atoms with Gasteiger partial charge >= 0.3 is 11.7 Å². The Labute approximate surface area is 193 Å². The summed E-state index contributed by atoms with van der Waals surface area (Å²) in [5, 5.41) is 12.6. The van der Waals surface area contributed by atoms with Gasteiger partial charge in [0.25, 0.3) is 11.5 Å². The standard InChI is InChI=1S/C22H21Cl2N3O5/c1-26-17-11-3-2-7-13(17)20(29)27(22(26)32)12-5-4-10-16(21(30)31)25-19(28)18-14(23)8-6-9-15(18)24/h2-3,6-9,11,16H,4-5,10,12H2,1H3,(H,25,28)(H,30,31). The van der Waals surface area contributed by atoms with Gasteiger partial charge in [-0.1, -0.05) is 41.4 Å². The molecule has 0 spiro atoms. The van der Waals surface area contributed by atoms with Gasteiger partial charge in [0.05, 0.1) is 26.5 Å². The number of fused-ring (bicyclic) bond motifs is 1. The van der Waals surface area contributed by atoms with Crippen molar-refractivity contribution >= 4 is 46.0 Å². The lowest BCUT2D eigenvalue weighted by Gasteiger charge is -2.16. The van der Waals surface area contributed by atoms with E-state index < -0.39 is 23.6 Å². The molecule has 1 aromatic heterocycles. The van der Waals surface area contributed by atoms with Crippen LogP contribution in [-0.4, -0.2) is 32.2 Å². The maximum Gasteiger partial charge on any atom is 0.331 e. The van der Waals surface area contributed by atoms with E-state index in [2.05, 4.69) is 5.32 Å². The molecule has 1 amide bonds. The molecule has 1 atom stereocenters. The monoisotopic (exact) mass is 477 g/mol. The maximum atomic E-state index is 12.7. The topological polar surface area (TPSA) is 110 Å². The number of halogens is 2. The Bertz CT molecular complexity index is 1280. The summed E-state index contributed by atoms with van der Waals surface area (Å²) in [4.78, 5) is 49.3. The van der Waals surface area contributed by atoms with E-state index in [-0.39, 0.29) is 34.1 Å². The number of hydrogen-bond donors (Lipinski definition) is 2. The van der Waals surface area contributed by atoms with Gasteiger partial charge in [-0.05, 0) is 43.5 Å². The average molecular weight is 478 g/mol. The molecule has 0 bridgehead atoms. The van der Waals surface area contributed by atoms with Crippen LogP contribution in [0.5, 0.6) is 0 Å². The Morgan fingerprint density at radius 1 is 1.03 bits per heavy atom. The SMILES string of the molecule is Cn1c(=O)n(CCCCC(NC(=O)c2c(Cl)cccc2Cl)C(=O)O)c(=O)c2ccccc21. The number of carbonyl (C=O) groups is 2. The van der Waals surface area contributed by atoms with Crippen LogP contribution >= 0.6 is 23.2 Å². The van der Waals surface area contributed by atoms with Gasteiger partial charge in [-0.15, -0.1) is 0 Å². The van der Waals surface area contributed by atoms with E-state index in [0.717, 1.165) is 4.57 Å². The quantitative estimate of drug-likeness (QED) is 0.484. The van der Waals surface area contributed by atoms with Crippen LogP contribution in [0.4, 0.5) is 0 Å². The van der Waals surface area contributed by atoms with Crippen molar-refractivity contribution in [2.45, 2.75) is 31.8 Å². The molecule has 1 unspecified atom stereocenters. The number of hydrogen-bond acceptors (Lipinski definition) is 4. The number of carboxylic acids is 1. The molecule has 0 saturated carbocycles. The molecule has 3 aromatic rings. The number of nitrogens with zero attached hydrogens (tertiary/aromatic N) is 2. The van der Waals surface area contributed by atoms with Crippen molar-refractivity contribution in [3.05, 3.63) is 78.9 Å². The second-order valence-electron chi connectivity index (χ2n) is 7.27. The van der Waals surface area contributed by atoms with Gasteiger partial charge in [-0.3, -0.25) is 18.7 Å². The second-order valence-corrected chi connectivity index (χ2v) is 8.09. The Kier molecular flexibility index (Phi) is 7.37. The van der Waals surface area contributed by atoms with Crippen LogP contribution in [0.3, 0.4) is 0 Å². The number of carboxylic acid groups (broad SMARTS) is 1. The van der Waals surface area contributed by atoms with Crippen molar-refractivity contribution in [3.63, 3.8) is 0 Å². The molecular formula is C22H21Cl2N3O5. The molecule has 0 aliphatic rings. The highest BCUT2D eigenvalue weighted by Crippen LogP contribution is 2.24. The number of amides is 1. The number of unbranched alkanes of at least 4 members (excludes halogenated alkanes) is 1. The third-order valence-corrected chi connectivity index (χ3v) is 5.81. The zero-order valence-electron chi connectivity index (χ0n) is 17.2. The first-order valence-electron chi connectivity index (χ1n) is 9.88. The van der Waals surface area contributed by atoms with Crippen LogP contribution in [0.2, 0.25) is 10.0 Å². The molecule has 0 radical (unpaired) electrons. The summed E-state index contributed by atoms with van der Waals surface area (Å²) >= 11 is 12.0. The first-order chi connectivity index (χ1) is 15.2. The van der Waals surface area contributed by atoms with Crippen LogP contribution in [-0.2, 0) is 18.4 Å². The normalized spacial score (nSPS) is 12.0. The summed E-state index contributed by atoms with van der Waals surface area (Å²) in [6.07, 6.45) is 0.835. The molecule has 8 nitrogen and oxygen atoms in total. The van der Waals surface area contributed by atoms with Crippen molar-refractivity contribution in [1.29, 1.82) is 0 Å². The van der Waals surface area contributed by atoms with Crippen molar-refractivity contribution in [2.24, 2.45) is 7.05 Å². The van der Waals surface area contributed by atoms with Crippen molar-refractivity contribution in [2.75, 3.05) is 0 Å². The third-order valence-electron chi connectivity index (χ3n) is 5.18. The molecular weight excluding hydrogens is 457 g/mol. The van der Waals surface area contributed by atoms with E-state index in [0.29, 0.717) is 23.7 Å². The molecule has 1 heterocycles. The smallest absolute Gasteiger partial charge is 0.331 e. The van der Waals surface area contributed by atoms with Gasteiger partial charge < -0.3 is 10.4 Å². The molecule has 2 aromatic carbocycles. The number of nitrogens with one attached hydrogen (secondary N) is 1. The number of aromatic nitrogens is 2. The van der Waals surface area contributed by atoms with Gasteiger partial charge in [0.1, 0.15) is 6.04 Å². The van der Waals surface area contributed by atoms with Gasteiger partial charge in [-0.25, -0.2) is 9.59 Å². The zero-order valence-corrected chi connectivity index (χ0v) is 18.7. The summed E-state index contributed by atoms with van der Waals surface area (Å²) in [5.41, 5.74) is -0.274. The number of benzene rings is 2. The lowest BCUT2D eigenvalue weighted by atomic mass is 10.1. The van der Waals surface area contributed by atoms with Crippen LogP contribution in [0, 0.1) is 0 Å². The summed E-state index contributed by atoms with van der Waals surface area (Å²) < 4.78 is 2.55. The molecule has 2 N–H and O–H groups in total. The highest BCUT2D eigenvalue weighted by atomic mass is 35.5. The van der Waals surface area contributed by atoms with Gasteiger partial charge in [0, 0.05) is 13.6 Å². The number of aliphatic carboxylic acids is 1. The second kappa shape index (κ2) is 10.0. The van der Waals surface area contributed by atoms with E-state index in [4.69, 9.17) is 23.2 Å². The van der Waals surface area contributed by atoms with Crippen LogP contribution < -0.4 is 16.6 Å². The molecule has 168 valence electrons. The number of aryl methyl sites for hydroxylation is 1. The highest BCUT2D eigenvalue weighted by Gasteiger charge is 2.23. The van der Waals surface area contributed by atoms with Crippen LogP contribution in [0.25, 0.3) is 10.9 Å². The van der Waals surface area contributed by atoms with Gasteiger partial charge in [-0.2, -0.15) is 0 Å². The third kappa shape index (κ3) is 4.87. The van der Waals surface area contributed by atoms with E-state index in [1.54, 1.807) is 37.4 Å². The fourth-order valence-electron chi connectivity index (χ4n) is 3.48. The van der Waals surface area contributed by atoms with Crippen molar-refractivity contribution in [1.82, 2.24) is 14.5 Å². The fraction of sp³-hybridized carbons (Fsp3) is 0.273. The van der Waals surface area contributed by atoms with E-state index in [9.17, 15) is 24.3 Å². The van der Waals surface area contributed by atoms with E-state index >= 15 is 0 Å². The van der Waals surface area contributed by atoms with Crippen LogP contribution in [0.15, 0.2) is 52.1 Å². The molecule has 0 saturated heterocycles. The molecule has 0 fully saturated rings. The molecule has 0 aliphatic carbocycles. The predicted octanol–water partition coefficient (Wildman–Crippen LogP) is 3.06. The minimum Gasteiger partial charge on any atom is -0.480 e. The summed E-state index contributed by atoms with van der Waals surface area (Å²) in [7, 11) is 1.59. The molecule has 10 heteroatoms. The number of rotatable bonds is 8. The molecule has 0 aliphatic heterocycles. The molecule has 3 rings (SSSR count). The lowest BCUT2D eigenvalue weighted by Crippen LogP contribution is -2.41. The fourth-order valence-corrected chi connectivity index (χ4v) is 4.05. The maximum absolute atomic E-state index is 12.7. The zero-order chi connectivity index (χ0) is 23.4. The minimum absolute atomic E-state index is 0.00768. The summed E-state index contributed by atoms with van der Waals surface area (Å²) in [6.45, 7) is 0.132. The Morgan fingerprint density at radius 2 is 1.69 bits per heavy atom. The summed E-state index contributed by atoms with van der Waals surface area (Å²) in [6, 6.07) is 10.2. The van der Waals surface area contributed by atoms with Gasteiger partial charge in [0.2, 0.25) is 0 Å². The Hall–Kier alpha value is -3.10. The lowest BCUT2D eigenvalue weighted by molar-refractivity contribution is -0.139. The first-order valence-corrected chi connectivity index (χ1v) is 10.6. The van der Waals surface area contributed by atoms with Gasteiger partial charge in [0.15, 0.2) is 0 Å². The minimum atomic E-state index is -1.21. The van der Waals surface area contributed by atoms with E-state index in [1.165, 1.54) is 16.7 Å². The summed E-state index contributed by atoms with van der Waals surface area (Å²) in [5.74, 6) is -1.90. The number of carbonyl (C=O) groups excluding carboxylic acids is 1. The first kappa shape index (κ1) is 23.6. The Balaban J connectivity index is 1.67. The van der Waals surface area contributed by atoms with Crippen molar-refractivity contribution < 1.29 is 14.7 Å². The van der Waals surface area contributed by atoms with Crippen LogP contribution in [0.1, 0.15) is 29.6 Å². The Morgan fingerprint density at radius 3 is 2.34 bits per heavy atom. The average Bonchev–Trinajstić information content (AvgIpc) is 2.76. The largest absolute Gasteiger partial charge is 0.480 e.